The Labute approximate surface area is 256 Å². The summed E-state index contributed by atoms with van der Waals surface area (Å²) >= 11 is 0. The van der Waals surface area contributed by atoms with Gasteiger partial charge in [-0.3, -0.25) is 0 Å². The molecular weight excluding hydrogens is 518 g/mol. The van der Waals surface area contributed by atoms with Crippen LogP contribution in [0.2, 0.25) is 0 Å². The molecule has 1 nitrogen and oxygen atoms in total. The minimum Gasteiger partial charge on any atom is -0.309 e. The zero-order valence-corrected chi connectivity index (χ0v) is 26.6. The molecule has 3 aliphatic heterocycles. The Morgan fingerprint density at radius 1 is 0.349 bits per heavy atom. The first kappa shape index (κ1) is 25.4. The van der Waals surface area contributed by atoms with Gasteiger partial charge in [0.1, 0.15) is 0 Å². The number of benzene rings is 5. The molecule has 0 radical (unpaired) electrons. The summed E-state index contributed by atoms with van der Waals surface area (Å²) in [5.41, 5.74) is 20.7. The van der Waals surface area contributed by atoms with E-state index in [0.29, 0.717) is 0 Å². The van der Waals surface area contributed by atoms with Crippen molar-refractivity contribution in [2.45, 2.75) is 77.0 Å². The lowest BCUT2D eigenvalue weighted by Gasteiger charge is -2.55. The van der Waals surface area contributed by atoms with Crippen LogP contribution in [0.1, 0.15) is 99.9 Å². The molecule has 212 valence electrons. The lowest BCUT2D eigenvalue weighted by Crippen LogP contribution is -2.43. The van der Waals surface area contributed by atoms with Crippen LogP contribution in [0.15, 0.2) is 91.0 Å². The van der Waals surface area contributed by atoms with Gasteiger partial charge >= 0.3 is 0 Å². The summed E-state index contributed by atoms with van der Waals surface area (Å²) in [5.74, 6) is 0. The molecule has 3 heterocycles. The second-order valence-electron chi connectivity index (χ2n) is 15.5. The van der Waals surface area contributed by atoms with Crippen LogP contribution in [0.4, 0.5) is 17.1 Å². The second-order valence-corrected chi connectivity index (χ2v) is 15.5. The predicted octanol–water partition coefficient (Wildman–Crippen LogP) is 11.0. The van der Waals surface area contributed by atoms with E-state index in [2.05, 4.69) is 151 Å². The monoisotopic (exact) mass is 557 g/mol. The lowest BCUT2D eigenvalue weighted by molar-refractivity contribution is 0.567. The van der Waals surface area contributed by atoms with E-state index in [-0.39, 0.29) is 21.7 Å². The zero-order chi connectivity index (χ0) is 29.8. The van der Waals surface area contributed by atoms with Crippen molar-refractivity contribution in [3.63, 3.8) is 0 Å². The number of para-hydroxylation sites is 2. The van der Waals surface area contributed by atoms with Gasteiger partial charge in [0.15, 0.2) is 0 Å². The van der Waals surface area contributed by atoms with Crippen LogP contribution in [-0.2, 0) is 21.7 Å². The average molecular weight is 558 g/mol. The van der Waals surface area contributed by atoms with Gasteiger partial charge in [0.2, 0.25) is 0 Å². The summed E-state index contributed by atoms with van der Waals surface area (Å²) in [6, 6.07) is 35.3. The molecule has 0 unspecified atom stereocenters. The quantitative estimate of drug-likeness (QED) is 0.198. The summed E-state index contributed by atoms with van der Waals surface area (Å²) in [5, 5.41) is 0. The van der Waals surface area contributed by atoms with Crippen LogP contribution < -0.4 is 4.90 Å². The van der Waals surface area contributed by atoms with E-state index >= 15 is 0 Å². The highest BCUT2D eigenvalue weighted by molar-refractivity contribution is 5.99. The maximum Gasteiger partial charge on any atom is 0.0544 e. The van der Waals surface area contributed by atoms with Gasteiger partial charge in [0.25, 0.3) is 0 Å². The van der Waals surface area contributed by atoms with E-state index in [9.17, 15) is 0 Å². The number of hydrogen-bond acceptors (Lipinski definition) is 1. The summed E-state index contributed by atoms with van der Waals surface area (Å²) in [6.07, 6.45) is 0. The Balaban J connectivity index is 1.35. The van der Waals surface area contributed by atoms with Crippen LogP contribution in [-0.4, -0.2) is 0 Å². The first-order valence-corrected chi connectivity index (χ1v) is 15.9. The maximum absolute atomic E-state index is 2.66. The Hall–Kier alpha value is -4.10. The van der Waals surface area contributed by atoms with E-state index < -0.39 is 0 Å². The Kier molecular flexibility index (Phi) is 4.44. The van der Waals surface area contributed by atoms with Crippen LogP contribution >= 0.6 is 0 Å². The van der Waals surface area contributed by atoms with E-state index in [1.807, 2.05) is 0 Å². The largest absolute Gasteiger partial charge is 0.309 e. The molecule has 0 saturated heterocycles. The molecule has 0 bridgehead atoms. The molecule has 1 aliphatic carbocycles. The van der Waals surface area contributed by atoms with Crippen LogP contribution in [0.3, 0.4) is 0 Å². The summed E-state index contributed by atoms with van der Waals surface area (Å²) in [6.45, 7) is 19.4. The normalized spacial score (nSPS) is 19.4. The number of rotatable bonds is 1. The molecule has 0 spiro atoms. The van der Waals surface area contributed by atoms with Crippen LogP contribution in [0, 0.1) is 0 Å². The summed E-state index contributed by atoms with van der Waals surface area (Å²) in [7, 11) is 0. The van der Waals surface area contributed by atoms with E-state index in [1.54, 1.807) is 0 Å². The molecule has 1 heteroatoms. The van der Waals surface area contributed by atoms with Crippen molar-refractivity contribution in [1.29, 1.82) is 0 Å². The van der Waals surface area contributed by atoms with Crippen molar-refractivity contribution in [1.82, 2.24) is 0 Å². The SMILES string of the molecule is CC1(C)c2ccccc2-c2ccc(-c3cc4c5c(c3)C(C)(C)c3cccc6c3N5c3c(cccc3C4(C)C)C6(C)C)cc21. The molecule has 5 aromatic carbocycles. The number of fused-ring (bicyclic) bond motifs is 3. The van der Waals surface area contributed by atoms with Gasteiger partial charge < -0.3 is 4.90 Å². The topological polar surface area (TPSA) is 3.24 Å². The zero-order valence-electron chi connectivity index (χ0n) is 26.6. The molecule has 4 aliphatic rings. The smallest absolute Gasteiger partial charge is 0.0544 e. The first-order valence-electron chi connectivity index (χ1n) is 15.9. The molecule has 0 N–H and O–H groups in total. The molecule has 0 aromatic heterocycles. The highest BCUT2D eigenvalue weighted by Crippen LogP contribution is 2.66. The van der Waals surface area contributed by atoms with Crippen molar-refractivity contribution in [2.24, 2.45) is 0 Å². The van der Waals surface area contributed by atoms with Crippen LogP contribution in [0.25, 0.3) is 22.3 Å². The average Bonchev–Trinajstić information content (AvgIpc) is 3.22. The fourth-order valence-corrected chi connectivity index (χ4v) is 9.24. The van der Waals surface area contributed by atoms with Gasteiger partial charge in [0, 0.05) is 21.7 Å². The van der Waals surface area contributed by atoms with E-state index in [0.717, 1.165) is 0 Å². The van der Waals surface area contributed by atoms with Crippen molar-refractivity contribution in [3.05, 3.63) is 136 Å². The minimum absolute atomic E-state index is 0.0196. The molecule has 5 aromatic rings. The molecule has 9 rings (SSSR count). The molecule has 0 amide bonds. The summed E-state index contributed by atoms with van der Waals surface area (Å²) in [4.78, 5) is 2.66. The van der Waals surface area contributed by atoms with Crippen LogP contribution in [0.5, 0.6) is 0 Å². The Morgan fingerprint density at radius 3 is 1.30 bits per heavy atom. The van der Waals surface area contributed by atoms with Crippen molar-refractivity contribution >= 4 is 17.1 Å². The van der Waals surface area contributed by atoms with Gasteiger partial charge in [-0.2, -0.15) is 0 Å². The fourth-order valence-electron chi connectivity index (χ4n) is 9.24. The fraction of sp³-hybridized carbons (Fsp3) is 0.286. The predicted molar refractivity (Wildman–Crippen MR) is 181 cm³/mol. The minimum atomic E-state index is -0.135. The third kappa shape index (κ3) is 2.81. The van der Waals surface area contributed by atoms with Gasteiger partial charge in [-0.25, -0.2) is 0 Å². The van der Waals surface area contributed by atoms with E-state index in [1.165, 1.54) is 83.8 Å². The molecule has 43 heavy (non-hydrogen) atoms. The third-order valence-corrected chi connectivity index (χ3v) is 11.8. The highest BCUT2D eigenvalue weighted by atomic mass is 15.2. The number of hydrogen-bond donors (Lipinski definition) is 0. The van der Waals surface area contributed by atoms with E-state index in [4.69, 9.17) is 0 Å². The second kappa shape index (κ2) is 7.51. The molecule has 0 saturated carbocycles. The Morgan fingerprint density at radius 2 is 0.744 bits per heavy atom. The molecule has 0 atom stereocenters. The molecule has 0 fully saturated rings. The van der Waals surface area contributed by atoms with Gasteiger partial charge in [-0.15, -0.1) is 0 Å². The van der Waals surface area contributed by atoms with Gasteiger partial charge in [-0.1, -0.05) is 128 Å². The third-order valence-electron chi connectivity index (χ3n) is 11.8. The molecular formula is C42H39N. The maximum atomic E-state index is 2.66. The number of nitrogens with zero attached hydrogens (tertiary/aromatic N) is 1. The highest BCUT2D eigenvalue weighted by Gasteiger charge is 2.51. The van der Waals surface area contributed by atoms with Gasteiger partial charge in [0.05, 0.1) is 17.1 Å². The standard InChI is InChI=1S/C42H39N/c1-39(2)28-14-10-9-13-26(28)27-20-19-24(21-33(27)39)25-22-34-38-35(23-25)42(7,8)32-18-12-16-30-37(32)43(38)36-29(40(30,3)4)15-11-17-31(36)41(34,5)6/h9-23H,1-8H3. The van der Waals surface area contributed by atoms with Crippen molar-refractivity contribution in [2.75, 3.05) is 4.90 Å². The lowest BCUT2D eigenvalue weighted by atomic mass is 9.60. The van der Waals surface area contributed by atoms with Gasteiger partial charge in [-0.05, 0) is 85.0 Å². The first-order chi connectivity index (χ1) is 20.4. The number of anilines is 3. The summed E-state index contributed by atoms with van der Waals surface area (Å²) < 4.78 is 0. The van der Waals surface area contributed by atoms with Crippen molar-refractivity contribution < 1.29 is 0 Å². The van der Waals surface area contributed by atoms with Crippen molar-refractivity contribution in [3.8, 4) is 22.3 Å². The Bertz CT molecular complexity index is 1990.